The molecule has 100 valence electrons. The van der Waals surface area contributed by atoms with E-state index in [-0.39, 0.29) is 0 Å². The van der Waals surface area contributed by atoms with Gasteiger partial charge in [0.1, 0.15) is 0 Å². The van der Waals surface area contributed by atoms with E-state index < -0.39 is 0 Å². The maximum atomic E-state index is 3.55. The standard InChI is InChI=1S/C17H27N/c1(3-16-4-2-6-18-16)5-17-14-8-12-7-13(10-14)11-15(17)9-12/h2,4,12-18H,1,3,5-11H2. The van der Waals surface area contributed by atoms with E-state index in [0.717, 1.165) is 36.1 Å². The highest BCUT2D eigenvalue weighted by molar-refractivity contribution is 5.02. The minimum atomic E-state index is 0.696. The van der Waals surface area contributed by atoms with E-state index in [1.54, 1.807) is 32.1 Å². The van der Waals surface area contributed by atoms with Crippen LogP contribution in [0.2, 0.25) is 0 Å². The predicted molar refractivity (Wildman–Crippen MR) is 75.3 cm³/mol. The summed E-state index contributed by atoms with van der Waals surface area (Å²) >= 11 is 0. The number of nitrogens with one attached hydrogen (secondary N) is 1. The maximum absolute atomic E-state index is 3.55. The highest BCUT2D eigenvalue weighted by Gasteiger charge is 2.47. The van der Waals surface area contributed by atoms with Gasteiger partial charge in [-0.3, -0.25) is 0 Å². The highest BCUT2D eigenvalue weighted by atomic mass is 14.9. The van der Waals surface area contributed by atoms with Crippen molar-refractivity contribution in [2.75, 3.05) is 6.54 Å². The lowest BCUT2D eigenvalue weighted by atomic mass is 9.51. The highest BCUT2D eigenvalue weighted by Crippen LogP contribution is 2.57. The molecule has 0 aromatic carbocycles. The molecule has 0 aromatic heterocycles. The van der Waals surface area contributed by atoms with Crippen LogP contribution in [-0.2, 0) is 0 Å². The first kappa shape index (κ1) is 11.5. The fourth-order valence-electron chi connectivity index (χ4n) is 5.80. The average Bonchev–Trinajstić information content (AvgIpc) is 2.85. The van der Waals surface area contributed by atoms with Crippen LogP contribution >= 0.6 is 0 Å². The fraction of sp³-hybridized carbons (Fsp3) is 0.882. The lowest BCUT2D eigenvalue weighted by Crippen LogP contribution is -2.45. The maximum Gasteiger partial charge on any atom is 0.0253 e. The Morgan fingerprint density at radius 3 is 2.22 bits per heavy atom. The zero-order chi connectivity index (χ0) is 11.9. The molecule has 18 heavy (non-hydrogen) atoms. The van der Waals surface area contributed by atoms with Crippen molar-refractivity contribution in [3.05, 3.63) is 12.2 Å². The van der Waals surface area contributed by atoms with Crippen LogP contribution in [0.3, 0.4) is 0 Å². The molecule has 0 radical (unpaired) electrons. The minimum Gasteiger partial charge on any atom is -0.307 e. The third kappa shape index (κ3) is 2.05. The molecule has 1 atom stereocenters. The monoisotopic (exact) mass is 245 g/mol. The van der Waals surface area contributed by atoms with Crippen molar-refractivity contribution in [3.63, 3.8) is 0 Å². The topological polar surface area (TPSA) is 12.0 Å². The van der Waals surface area contributed by atoms with Crippen LogP contribution in [0.4, 0.5) is 0 Å². The molecule has 1 aliphatic heterocycles. The molecule has 5 rings (SSSR count). The molecule has 0 spiro atoms. The van der Waals surface area contributed by atoms with Crippen molar-refractivity contribution >= 4 is 0 Å². The van der Waals surface area contributed by atoms with Gasteiger partial charge in [-0.15, -0.1) is 0 Å². The first-order chi connectivity index (χ1) is 8.88. The molecular weight excluding hydrogens is 218 g/mol. The molecule has 4 bridgehead atoms. The first-order valence-electron chi connectivity index (χ1n) is 8.28. The van der Waals surface area contributed by atoms with E-state index in [2.05, 4.69) is 17.5 Å². The normalized spacial score (nSPS) is 49.1. The Hall–Kier alpha value is -0.300. The van der Waals surface area contributed by atoms with E-state index in [0.29, 0.717) is 6.04 Å². The van der Waals surface area contributed by atoms with Crippen LogP contribution in [-0.4, -0.2) is 12.6 Å². The van der Waals surface area contributed by atoms with Crippen LogP contribution in [0.25, 0.3) is 0 Å². The Morgan fingerprint density at radius 2 is 1.61 bits per heavy atom. The van der Waals surface area contributed by atoms with Gasteiger partial charge in [0.25, 0.3) is 0 Å². The molecule has 1 heteroatoms. The fourth-order valence-corrected chi connectivity index (χ4v) is 5.80. The Balaban J connectivity index is 1.30. The Bertz CT molecular complexity index is 305. The van der Waals surface area contributed by atoms with E-state index in [9.17, 15) is 0 Å². The SMILES string of the molecule is C1=CC(CCCC2C3CC4CC(C3)CC2C4)NC1. The second-order valence-corrected chi connectivity index (χ2v) is 7.47. The smallest absolute Gasteiger partial charge is 0.0253 e. The first-order valence-corrected chi connectivity index (χ1v) is 8.28. The van der Waals surface area contributed by atoms with Crippen molar-refractivity contribution in [2.45, 2.75) is 57.4 Å². The molecule has 4 aliphatic carbocycles. The summed E-state index contributed by atoms with van der Waals surface area (Å²) in [7, 11) is 0. The van der Waals surface area contributed by atoms with Crippen LogP contribution in [0.15, 0.2) is 12.2 Å². The summed E-state index contributed by atoms with van der Waals surface area (Å²) in [6.45, 7) is 1.10. The molecule has 1 nitrogen and oxygen atoms in total. The molecular formula is C17H27N. The van der Waals surface area contributed by atoms with Gasteiger partial charge in [-0.1, -0.05) is 18.6 Å². The quantitative estimate of drug-likeness (QED) is 0.744. The van der Waals surface area contributed by atoms with Gasteiger partial charge in [-0.25, -0.2) is 0 Å². The van der Waals surface area contributed by atoms with Crippen LogP contribution in [0, 0.1) is 29.6 Å². The summed E-state index contributed by atoms with van der Waals surface area (Å²) in [6, 6.07) is 0.696. The average molecular weight is 245 g/mol. The molecule has 1 heterocycles. The van der Waals surface area contributed by atoms with E-state index in [4.69, 9.17) is 0 Å². The largest absolute Gasteiger partial charge is 0.307 e. The van der Waals surface area contributed by atoms with Crippen LogP contribution in [0.5, 0.6) is 0 Å². The second kappa shape index (κ2) is 4.67. The van der Waals surface area contributed by atoms with Gasteiger partial charge < -0.3 is 5.32 Å². The molecule has 5 aliphatic rings. The minimum absolute atomic E-state index is 0.696. The Kier molecular flexibility index (Phi) is 2.99. The lowest BCUT2D eigenvalue weighted by molar-refractivity contribution is -0.0405. The Labute approximate surface area is 111 Å². The van der Waals surface area contributed by atoms with Gasteiger partial charge in [0, 0.05) is 12.6 Å². The lowest BCUT2D eigenvalue weighted by Gasteiger charge is -2.54. The predicted octanol–water partition coefficient (Wildman–Crippen LogP) is 3.76. The van der Waals surface area contributed by atoms with Crippen molar-refractivity contribution in [1.82, 2.24) is 5.32 Å². The zero-order valence-corrected chi connectivity index (χ0v) is 11.5. The second-order valence-electron chi connectivity index (χ2n) is 7.47. The third-order valence-corrected chi connectivity index (χ3v) is 6.34. The van der Waals surface area contributed by atoms with Gasteiger partial charge in [0.05, 0.1) is 0 Å². The van der Waals surface area contributed by atoms with Crippen LogP contribution < -0.4 is 5.32 Å². The van der Waals surface area contributed by atoms with Gasteiger partial charge in [0.2, 0.25) is 0 Å². The third-order valence-electron chi connectivity index (χ3n) is 6.34. The summed E-state index contributed by atoms with van der Waals surface area (Å²) in [4.78, 5) is 0. The molecule has 4 saturated carbocycles. The summed E-state index contributed by atoms with van der Waals surface area (Å²) in [6.07, 6.45) is 17.0. The van der Waals surface area contributed by atoms with Crippen molar-refractivity contribution in [1.29, 1.82) is 0 Å². The van der Waals surface area contributed by atoms with E-state index in [1.165, 1.54) is 19.3 Å². The van der Waals surface area contributed by atoms with Crippen molar-refractivity contribution in [2.24, 2.45) is 29.6 Å². The van der Waals surface area contributed by atoms with Gasteiger partial charge >= 0.3 is 0 Å². The molecule has 1 N–H and O–H groups in total. The number of hydrogen-bond acceptors (Lipinski definition) is 1. The summed E-state index contributed by atoms with van der Waals surface area (Å²) < 4.78 is 0. The molecule has 0 saturated heterocycles. The summed E-state index contributed by atoms with van der Waals surface area (Å²) in [5.41, 5.74) is 0. The summed E-state index contributed by atoms with van der Waals surface area (Å²) in [5, 5.41) is 3.55. The van der Waals surface area contributed by atoms with E-state index in [1.807, 2.05) is 0 Å². The number of hydrogen-bond donors (Lipinski definition) is 1. The molecule has 0 amide bonds. The van der Waals surface area contributed by atoms with E-state index >= 15 is 0 Å². The van der Waals surface area contributed by atoms with Crippen LogP contribution in [0.1, 0.15) is 51.4 Å². The van der Waals surface area contributed by atoms with Gasteiger partial charge in [-0.05, 0) is 74.5 Å². The molecule has 4 fully saturated rings. The van der Waals surface area contributed by atoms with Gasteiger partial charge in [0.15, 0.2) is 0 Å². The zero-order valence-electron chi connectivity index (χ0n) is 11.5. The van der Waals surface area contributed by atoms with Crippen molar-refractivity contribution < 1.29 is 0 Å². The molecule has 0 aromatic rings. The van der Waals surface area contributed by atoms with Crippen molar-refractivity contribution in [3.8, 4) is 0 Å². The summed E-state index contributed by atoms with van der Waals surface area (Å²) in [5.74, 6) is 5.66. The Morgan fingerprint density at radius 1 is 0.889 bits per heavy atom. The van der Waals surface area contributed by atoms with Gasteiger partial charge in [-0.2, -0.15) is 0 Å². The molecule has 1 unspecified atom stereocenters. The number of rotatable bonds is 4.